The summed E-state index contributed by atoms with van der Waals surface area (Å²) in [6, 6.07) is 3.59. The monoisotopic (exact) mass is 234 g/mol. The molecule has 0 aliphatic heterocycles. The van der Waals surface area contributed by atoms with Gasteiger partial charge in [-0.1, -0.05) is 11.6 Å². The first-order chi connectivity index (χ1) is 7.74. The van der Waals surface area contributed by atoms with Gasteiger partial charge in [-0.25, -0.2) is 4.68 Å². The molecule has 0 fully saturated rings. The molecule has 0 saturated carbocycles. The molecule has 3 aromatic rings. The Bertz CT molecular complexity index is 655. The second-order valence-electron chi connectivity index (χ2n) is 3.31. The van der Waals surface area contributed by atoms with Gasteiger partial charge in [0.15, 0.2) is 5.82 Å². The second-order valence-corrected chi connectivity index (χ2v) is 3.70. The molecule has 0 radical (unpaired) electrons. The maximum Gasteiger partial charge on any atom is 0.255 e. The number of halogens is 1. The summed E-state index contributed by atoms with van der Waals surface area (Å²) in [6.45, 7) is 1.91. The SMILES string of the molecule is Cc1ccn(-c2cc(Cl)nc3ncnn23)n1. The minimum Gasteiger partial charge on any atom is -0.222 e. The summed E-state index contributed by atoms with van der Waals surface area (Å²) in [7, 11) is 0. The van der Waals surface area contributed by atoms with Gasteiger partial charge in [-0.2, -0.15) is 24.7 Å². The first-order valence-corrected chi connectivity index (χ1v) is 5.01. The van der Waals surface area contributed by atoms with E-state index in [1.165, 1.54) is 6.33 Å². The molecule has 3 heterocycles. The van der Waals surface area contributed by atoms with E-state index in [2.05, 4.69) is 20.2 Å². The quantitative estimate of drug-likeness (QED) is 0.595. The molecule has 0 spiro atoms. The van der Waals surface area contributed by atoms with Gasteiger partial charge in [0, 0.05) is 12.3 Å². The highest BCUT2D eigenvalue weighted by atomic mass is 35.5. The lowest BCUT2D eigenvalue weighted by Crippen LogP contribution is -2.05. The number of hydrogen-bond donors (Lipinski definition) is 0. The van der Waals surface area contributed by atoms with E-state index in [1.807, 2.05) is 19.2 Å². The van der Waals surface area contributed by atoms with E-state index in [4.69, 9.17) is 11.6 Å². The highest BCUT2D eigenvalue weighted by molar-refractivity contribution is 6.29. The molecule has 16 heavy (non-hydrogen) atoms. The molecule has 0 unspecified atom stereocenters. The molecule has 0 N–H and O–H groups in total. The van der Waals surface area contributed by atoms with Crippen molar-refractivity contribution in [3.8, 4) is 5.82 Å². The van der Waals surface area contributed by atoms with Crippen molar-refractivity contribution in [2.45, 2.75) is 6.92 Å². The maximum absolute atomic E-state index is 5.90. The van der Waals surface area contributed by atoms with Crippen LogP contribution in [0.2, 0.25) is 5.15 Å². The first-order valence-electron chi connectivity index (χ1n) is 4.63. The second kappa shape index (κ2) is 3.28. The summed E-state index contributed by atoms with van der Waals surface area (Å²) in [6.07, 6.45) is 3.26. The zero-order valence-electron chi connectivity index (χ0n) is 8.37. The van der Waals surface area contributed by atoms with Crippen molar-refractivity contribution in [3.63, 3.8) is 0 Å². The molecular formula is C9H7ClN6. The van der Waals surface area contributed by atoms with Gasteiger partial charge in [0.05, 0.1) is 5.69 Å². The van der Waals surface area contributed by atoms with Crippen LogP contribution in [0.1, 0.15) is 5.69 Å². The van der Waals surface area contributed by atoms with Crippen LogP contribution in [0.3, 0.4) is 0 Å². The molecule has 80 valence electrons. The lowest BCUT2D eigenvalue weighted by molar-refractivity contribution is 0.773. The Morgan fingerprint density at radius 3 is 3.00 bits per heavy atom. The first kappa shape index (κ1) is 9.29. The lowest BCUT2D eigenvalue weighted by atomic mass is 10.5. The highest BCUT2D eigenvalue weighted by Gasteiger charge is 2.08. The van der Waals surface area contributed by atoms with Crippen LogP contribution in [0.15, 0.2) is 24.7 Å². The molecule has 3 aromatic heterocycles. The number of rotatable bonds is 1. The molecule has 7 heteroatoms. The predicted molar refractivity (Wildman–Crippen MR) is 57.7 cm³/mol. The standard InChI is InChI=1S/C9H7ClN6/c1-6-2-3-15(14-6)8-4-7(10)13-9-11-5-12-16(8)9/h2-5H,1H3. The van der Waals surface area contributed by atoms with Crippen molar-refractivity contribution >= 4 is 17.4 Å². The van der Waals surface area contributed by atoms with Gasteiger partial charge in [0.2, 0.25) is 0 Å². The molecule has 0 saturated heterocycles. The van der Waals surface area contributed by atoms with Crippen molar-refractivity contribution in [1.29, 1.82) is 0 Å². The Kier molecular flexibility index (Phi) is 1.90. The molecule has 0 bridgehead atoms. The average Bonchev–Trinajstić information content (AvgIpc) is 2.84. The predicted octanol–water partition coefficient (Wildman–Crippen LogP) is 1.27. The van der Waals surface area contributed by atoms with E-state index in [0.717, 1.165) is 5.69 Å². The number of aryl methyl sites for hydroxylation is 1. The van der Waals surface area contributed by atoms with Crippen LogP contribution in [-0.2, 0) is 0 Å². The number of fused-ring (bicyclic) bond motifs is 1. The van der Waals surface area contributed by atoms with Crippen molar-refractivity contribution in [2.75, 3.05) is 0 Å². The van der Waals surface area contributed by atoms with Crippen molar-refractivity contribution in [3.05, 3.63) is 35.5 Å². The van der Waals surface area contributed by atoms with Crippen molar-refractivity contribution in [1.82, 2.24) is 29.4 Å². The molecule has 6 nitrogen and oxygen atoms in total. The zero-order chi connectivity index (χ0) is 11.1. The average molecular weight is 235 g/mol. The van der Waals surface area contributed by atoms with Crippen molar-refractivity contribution < 1.29 is 0 Å². The number of hydrogen-bond acceptors (Lipinski definition) is 4. The van der Waals surface area contributed by atoms with Gasteiger partial charge >= 0.3 is 0 Å². The Labute approximate surface area is 95.5 Å². The van der Waals surface area contributed by atoms with Gasteiger partial charge in [0.25, 0.3) is 5.78 Å². The summed E-state index contributed by atoms with van der Waals surface area (Å²) in [5.41, 5.74) is 0.918. The molecule has 0 aliphatic carbocycles. The van der Waals surface area contributed by atoms with E-state index in [1.54, 1.807) is 15.3 Å². The summed E-state index contributed by atoms with van der Waals surface area (Å²) in [5, 5.41) is 8.73. The zero-order valence-corrected chi connectivity index (χ0v) is 9.13. The third-order valence-electron chi connectivity index (χ3n) is 2.16. The minimum atomic E-state index is 0.364. The van der Waals surface area contributed by atoms with E-state index in [9.17, 15) is 0 Å². The topological polar surface area (TPSA) is 60.9 Å². The van der Waals surface area contributed by atoms with Crippen LogP contribution in [0.5, 0.6) is 0 Å². The summed E-state index contributed by atoms with van der Waals surface area (Å²) in [5.74, 6) is 1.16. The Balaban J connectivity index is 2.33. The Hall–Kier alpha value is -1.95. The molecule has 3 rings (SSSR count). The van der Waals surface area contributed by atoms with Crippen LogP contribution in [-0.4, -0.2) is 29.4 Å². The largest absolute Gasteiger partial charge is 0.255 e. The van der Waals surface area contributed by atoms with Gasteiger partial charge in [-0.15, -0.1) is 0 Å². The lowest BCUT2D eigenvalue weighted by Gasteiger charge is -2.03. The maximum atomic E-state index is 5.90. The third-order valence-corrected chi connectivity index (χ3v) is 2.35. The summed E-state index contributed by atoms with van der Waals surface area (Å²) in [4.78, 5) is 8.03. The van der Waals surface area contributed by atoms with Crippen LogP contribution in [0.4, 0.5) is 0 Å². The minimum absolute atomic E-state index is 0.364. The Morgan fingerprint density at radius 1 is 1.38 bits per heavy atom. The van der Waals surface area contributed by atoms with Crippen LogP contribution < -0.4 is 0 Å². The van der Waals surface area contributed by atoms with E-state index in [-0.39, 0.29) is 0 Å². The van der Waals surface area contributed by atoms with Crippen LogP contribution in [0, 0.1) is 6.92 Å². The van der Waals surface area contributed by atoms with Gasteiger partial charge in [-0.3, -0.25) is 0 Å². The fraction of sp³-hybridized carbons (Fsp3) is 0.111. The molecular weight excluding hydrogens is 228 g/mol. The normalized spacial score (nSPS) is 11.1. The molecule has 0 aliphatic rings. The molecule has 0 aromatic carbocycles. The number of aromatic nitrogens is 6. The fourth-order valence-electron chi connectivity index (χ4n) is 1.47. The molecule has 0 amide bonds. The van der Waals surface area contributed by atoms with Crippen LogP contribution in [0.25, 0.3) is 11.6 Å². The van der Waals surface area contributed by atoms with E-state index < -0.39 is 0 Å². The summed E-state index contributed by atoms with van der Waals surface area (Å²) < 4.78 is 3.27. The van der Waals surface area contributed by atoms with Gasteiger partial charge in [0.1, 0.15) is 11.5 Å². The highest BCUT2D eigenvalue weighted by Crippen LogP contribution is 2.13. The van der Waals surface area contributed by atoms with Crippen molar-refractivity contribution in [2.24, 2.45) is 0 Å². The molecule has 0 atom stereocenters. The third kappa shape index (κ3) is 1.35. The fourth-order valence-corrected chi connectivity index (χ4v) is 1.65. The smallest absolute Gasteiger partial charge is 0.222 e. The number of nitrogens with zero attached hydrogens (tertiary/aromatic N) is 6. The summed E-state index contributed by atoms with van der Waals surface area (Å²) >= 11 is 5.90. The van der Waals surface area contributed by atoms with Gasteiger partial charge in [-0.05, 0) is 13.0 Å². The van der Waals surface area contributed by atoms with E-state index in [0.29, 0.717) is 16.7 Å². The van der Waals surface area contributed by atoms with Crippen LogP contribution >= 0.6 is 11.6 Å². The van der Waals surface area contributed by atoms with E-state index >= 15 is 0 Å². The van der Waals surface area contributed by atoms with Gasteiger partial charge < -0.3 is 0 Å². The Morgan fingerprint density at radius 2 is 2.25 bits per heavy atom.